The predicted molar refractivity (Wildman–Crippen MR) is 80.3 cm³/mol. The van der Waals surface area contributed by atoms with Gasteiger partial charge in [0.05, 0.1) is 13.7 Å². The van der Waals surface area contributed by atoms with Crippen LogP contribution in [0.25, 0.3) is 0 Å². The van der Waals surface area contributed by atoms with Gasteiger partial charge in [0.2, 0.25) is 0 Å². The smallest absolute Gasteiger partial charge is 0.251 e. The first-order valence-corrected chi connectivity index (χ1v) is 6.62. The SMILES string of the molecule is CNCc1ccc(OC)c(Cn2c(C)cccc2=O)c1. The van der Waals surface area contributed by atoms with Crippen LogP contribution in [0.3, 0.4) is 0 Å². The minimum Gasteiger partial charge on any atom is -0.496 e. The molecule has 2 aromatic rings. The van der Waals surface area contributed by atoms with Crippen LogP contribution >= 0.6 is 0 Å². The topological polar surface area (TPSA) is 43.3 Å². The fraction of sp³-hybridized carbons (Fsp3) is 0.312. The van der Waals surface area contributed by atoms with E-state index in [9.17, 15) is 4.79 Å². The highest BCUT2D eigenvalue weighted by Crippen LogP contribution is 2.21. The van der Waals surface area contributed by atoms with Gasteiger partial charge in [0.25, 0.3) is 5.56 Å². The number of nitrogens with one attached hydrogen (secondary N) is 1. The van der Waals surface area contributed by atoms with Crippen molar-refractivity contribution < 1.29 is 4.74 Å². The molecular formula is C16H20N2O2. The fourth-order valence-corrected chi connectivity index (χ4v) is 2.27. The highest BCUT2D eigenvalue weighted by atomic mass is 16.5. The third-order valence-corrected chi connectivity index (χ3v) is 3.32. The van der Waals surface area contributed by atoms with E-state index < -0.39 is 0 Å². The monoisotopic (exact) mass is 272 g/mol. The fourth-order valence-electron chi connectivity index (χ4n) is 2.27. The molecule has 106 valence electrons. The van der Waals surface area contributed by atoms with Crippen molar-refractivity contribution in [2.45, 2.75) is 20.0 Å². The van der Waals surface area contributed by atoms with Gasteiger partial charge in [-0.25, -0.2) is 0 Å². The van der Waals surface area contributed by atoms with E-state index in [0.29, 0.717) is 6.54 Å². The molecule has 4 heteroatoms. The Bertz CT molecular complexity index is 647. The van der Waals surface area contributed by atoms with Crippen molar-refractivity contribution >= 4 is 0 Å². The zero-order valence-corrected chi connectivity index (χ0v) is 12.1. The minimum atomic E-state index is 0.00562. The molecule has 0 unspecified atom stereocenters. The number of benzene rings is 1. The molecule has 2 rings (SSSR count). The van der Waals surface area contributed by atoms with Gasteiger partial charge in [0.1, 0.15) is 5.75 Å². The first-order chi connectivity index (χ1) is 9.65. The normalized spacial score (nSPS) is 10.6. The third kappa shape index (κ3) is 3.08. The predicted octanol–water partition coefficient (Wildman–Crippen LogP) is 1.93. The average molecular weight is 272 g/mol. The van der Waals surface area contributed by atoms with Gasteiger partial charge in [-0.1, -0.05) is 12.1 Å². The molecule has 0 aliphatic heterocycles. The van der Waals surface area contributed by atoms with E-state index in [1.165, 1.54) is 5.56 Å². The molecule has 4 nitrogen and oxygen atoms in total. The van der Waals surface area contributed by atoms with Gasteiger partial charge in [-0.3, -0.25) is 4.79 Å². The highest BCUT2D eigenvalue weighted by Gasteiger charge is 2.07. The number of aryl methyl sites for hydroxylation is 1. The molecular weight excluding hydrogens is 252 g/mol. The van der Waals surface area contributed by atoms with E-state index in [2.05, 4.69) is 11.4 Å². The molecule has 0 saturated heterocycles. The maximum atomic E-state index is 12.0. The number of methoxy groups -OCH3 is 1. The van der Waals surface area contributed by atoms with Gasteiger partial charge >= 0.3 is 0 Å². The number of rotatable bonds is 5. The van der Waals surface area contributed by atoms with Gasteiger partial charge in [-0.2, -0.15) is 0 Å². The Morgan fingerprint density at radius 1 is 1.25 bits per heavy atom. The molecule has 0 amide bonds. The highest BCUT2D eigenvalue weighted by molar-refractivity contribution is 5.37. The van der Waals surface area contributed by atoms with Crippen LogP contribution < -0.4 is 15.6 Å². The lowest BCUT2D eigenvalue weighted by molar-refractivity contribution is 0.407. The van der Waals surface area contributed by atoms with E-state index in [0.717, 1.165) is 23.6 Å². The van der Waals surface area contributed by atoms with Crippen LogP contribution in [0.5, 0.6) is 5.75 Å². The molecule has 0 aliphatic rings. The molecule has 0 fully saturated rings. The van der Waals surface area contributed by atoms with E-state index in [1.807, 2.05) is 32.2 Å². The van der Waals surface area contributed by atoms with Gasteiger partial charge in [-0.15, -0.1) is 0 Å². The Labute approximate surface area is 119 Å². The van der Waals surface area contributed by atoms with Gasteiger partial charge < -0.3 is 14.6 Å². The zero-order chi connectivity index (χ0) is 14.5. The molecule has 1 aromatic carbocycles. The summed E-state index contributed by atoms with van der Waals surface area (Å²) in [5, 5.41) is 3.13. The molecule has 0 bridgehead atoms. The lowest BCUT2D eigenvalue weighted by Gasteiger charge is -2.14. The summed E-state index contributed by atoms with van der Waals surface area (Å²) in [4.78, 5) is 12.0. The Hall–Kier alpha value is -2.07. The zero-order valence-electron chi connectivity index (χ0n) is 12.1. The molecule has 0 aliphatic carbocycles. The summed E-state index contributed by atoms with van der Waals surface area (Å²) in [5.74, 6) is 0.806. The van der Waals surface area contributed by atoms with E-state index in [1.54, 1.807) is 23.8 Å². The maximum absolute atomic E-state index is 12.0. The van der Waals surface area contributed by atoms with Crippen LogP contribution in [-0.4, -0.2) is 18.7 Å². The van der Waals surface area contributed by atoms with Crippen molar-refractivity contribution in [3.63, 3.8) is 0 Å². The minimum absolute atomic E-state index is 0.00562. The summed E-state index contributed by atoms with van der Waals surface area (Å²) < 4.78 is 7.15. The molecule has 1 aromatic heterocycles. The maximum Gasteiger partial charge on any atom is 0.251 e. The summed E-state index contributed by atoms with van der Waals surface area (Å²) >= 11 is 0. The largest absolute Gasteiger partial charge is 0.496 e. The molecule has 1 heterocycles. The summed E-state index contributed by atoms with van der Waals surface area (Å²) in [6.45, 7) is 3.25. The first kappa shape index (κ1) is 14.3. The van der Waals surface area contributed by atoms with Crippen molar-refractivity contribution in [2.24, 2.45) is 0 Å². The Morgan fingerprint density at radius 2 is 2.05 bits per heavy atom. The summed E-state index contributed by atoms with van der Waals surface area (Å²) in [7, 11) is 3.56. The standard InChI is InChI=1S/C16H20N2O2/c1-12-5-4-6-16(19)18(12)11-14-9-13(10-17-2)7-8-15(14)20-3/h4-9,17H,10-11H2,1-3H3. The second kappa shape index (κ2) is 6.39. The van der Waals surface area contributed by atoms with Gasteiger partial charge in [-0.05, 0) is 37.7 Å². The van der Waals surface area contributed by atoms with Crippen LogP contribution in [0.4, 0.5) is 0 Å². The van der Waals surface area contributed by atoms with Crippen LogP contribution in [-0.2, 0) is 13.1 Å². The third-order valence-electron chi connectivity index (χ3n) is 3.32. The molecule has 0 radical (unpaired) electrons. The van der Waals surface area contributed by atoms with Crippen molar-refractivity contribution in [2.75, 3.05) is 14.2 Å². The molecule has 0 saturated carbocycles. The second-order valence-electron chi connectivity index (χ2n) is 4.77. The lowest BCUT2D eigenvalue weighted by atomic mass is 10.1. The van der Waals surface area contributed by atoms with Crippen molar-refractivity contribution in [1.82, 2.24) is 9.88 Å². The van der Waals surface area contributed by atoms with Crippen LogP contribution in [0.1, 0.15) is 16.8 Å². The molecule has 0 spiro atoms. The number of aromatic nitrogens is 1. The van der Waals surface area contributed by atoms with Crippen LogP contribution in [0.15, 0.2) is 41.2 Å². The summed E-state index contributed by atoms with van der Waals surface area (Å²) in [5.41, 5.74) is 3.13. The number of nitrogens with zero attached hydrogens (tertiary/aromatic N) is 1. The van der Waals surface area contributed by atoms with Crippen molar-refractivity contribution in [1.29, 1.82) is 0 Å². The lowest BCUT2D eigenvalue weighted by Crippen LogP contribution is -2.21. The van der Waals surface area contributed by atoms with Crippen molar-refractivity contribution in [3.8, 4) is 5.75 Å². The number of hydrogen-bond donors (Lipinski definition) is 1. The second-order valence-corrected chi connectivity index (χ2v) is 4.77. The quantitative estimate of drug-likeness (QED) is 0.904. The van der Waals surface area contributed by atoms with Gasteiger partial charge in [0, 0.05) is 23.9 Å². The van der Waals surface area contributed by atoms with Gasteiger partial charge in [0.15, 0.2) is 0 Å². The molecule has 1 N–H and O–H groups in total. The number of pyridine rings is 1. The van der Waals surface area contributed by atoms with Crippen molar-refractivity contribution in [3.05, 3.63) is 63.6 Å². The Balaban J connectivity index is 2.41. The van der Waals surface area contributed by atoms with E-state index >= 15 is 0 Å². The Kier molecular flexibility index (Phi) is 4.58. The van der Waals surface area contributed by atoms with Crippen LogP contribution in [0.2, 0.25) is 0 Å². The summed E-state index contributed by atoms with van der Waals surface area (Å²) in [6.07, 6.45) is 0. The number of hydrogen-bond acceptors (Lipinski definition) is 3. The number of ether oxygens (including phenoxy) is 1. The Morgan fingerprint density at radius 3 is 2.70 bits per heavy atom. The molecule has 20 heavy (non-hydrogen) atoms. The van der Waals surface area contributed by atoms with E-state index in [4.69, 9.17) is 4.74 Å². The summed E-state index contributed by atoms with van der Waals surface area (Å²) in [6, 6.07) is 11.4. The molecule has 0 atom stereocenters. The van der Waals surface area contributed by atoms with E-state index in [-0.39, 0.29) is 5.56 Å². The average Bonchev–Trinajstić information content (AvgIpc) is 2.44. The van der Waals surface area contributed by atoms with Crippen LogP contribution in [0, 0.1) is 6.92 Å². The first-order valence-electron chi connectivity index (χ1n) is 6.62.